The molecule has 0 saturated heterocycles. The number of hydrogen-bond acceptors (Lipinski definition) is 3. The van der Waals surface area contributed by atoms with Gasteiger partial charge in [-0.2, -0.15) is 0 Å². The number of carbonyl (C=O) groups excluding carboxylic acids is 1. The largest absolute Gasteiger partial charge is 0.468 e. The van der Waals surface area contributed by atoms with Gasteiger partial charge in [0.15, 0.2) is 0 Å². The molecule has 2 rings (SSSR count). The Hall–Kier alpha value is -0.570. The molecule has 0 atom stereocenters. The first kappa shape index (κ1) is 14.8. The van der Waals surface area contributed by atoms with Crippen LogP contribution in [0.25, 0.3) is 0 Å². The Morgan fingerprint density at radius 3 is 2.16 bits per heavy atom. The maximum Gasteiger partial charge on any atom is 0.326 e. The molecular weight excluding hydrogens is 238 g/mol. The number of methoxy groups -OCH3 is 1. The van der Waals surface area contributed by atoms with Gasteiger partial charge in [0.25, 0.3) is 0 Å². The molecule has 0 aromatic rings. The highest BCUT2D eigenvalue weighted by Gasteiger charge is 2.45. The predicted molar refractivity (Wildman–Crippen MR) is 77.0 cm³/mol. The van der Waals surface area contributed by atoms with E-state index in [0.29, 0.717) is 11.5 Å². The minimum Gasteiger partial charge on any atom is -0.468 e. The number of hydrogen-bond donors (Lipinski definition) is 1. The van der Waals surface area contributed by atoms with Crippen molar-refractivity contribution in [1.29, 1.82) is 0 Å². The Morgan fingerprint density at radius 2 is 1.63 bits per heavy atom. The van der Waals surface area contributed by atoms with Gasteiger partial charge in [-0.05, 0) is 43.9 Å². The van der Waals surface area contributed by atoms with E-state index in [0.717, 1.165) is 25.7 Å². The van der Waals surface area contributed by atoms with Crippen molar-refractivity contribution >= 4 is 5.97 Å². The fraction of sp³-hybridized carbons (Fsp3) is 0.938. The van der Waals surface area contributed by atoms with Crippen LogP contribution in [0, 0.1) is 5.41 Å². The van der Waals surface area contributed by atoms with Gasteiger partial charge in [-0.3, -0.25) is 10.1 Å². The third-order valence-electron chi connectivity index (χ3n) is 5.12. The van der Waals surface area contributed by atoms with Gasteiger partial charge in [0.1, 0.15) is 5.54 Å². The Kier molecular flexibility index (Phi) is 4.54. The van der Waals surface area contributed by atoms with Crippen LogP contribution < -0.4 is 5.32 Å². The lowest BCUT2D eigenvalue weighted by atomic mass is 9.69. The Bertz CT molecular complexity index is 309. The molecule has 0 radical (unpaired) electrons. The Labute approximate surface area is 117 Å². The Balaban J connectivity index is 2.05. The van der Waals surface area contributed by atoms with Crippen molar-refractivity contribution in [2.75, 3.05) is 7.11 Å². The highest BCUT2D eigenvalue weighted by atomic mass is 16.5. The van der Waals surface area contributed by atoms with Gasteiger partial charge in [0, 0.05) is 6.04 Å². The van der Waals surface area contributed by atoms with E-state index in [-0.39, 0.29) is 5.97 Å². The van der Waals surface area contributed by atoms with Crippen molar-refractivity contribution in [3.05, 3.63) is 0 Å². The van der Waals surface area contributed by atoms with E-state index in [1.54, 1.807) is 0 Å². The molecule has 1 N–H and O–H groups in total. The van der Waals surface area contributed by atoms with Crippen LogP contribution in [0.1, 0.15) is 71.6 Å². The second-order valence-electron chi connectivity index (χ2n) is 7.22. The smallest absolute Gasteiger partial charge is 0.326 e. The quantitative estimate of drug-likeness (QED) is 0.796. The molecule has 0 aliphatic heterocycles. The molecule has 110 valence electrons. The van der Waals surface area contributed by atoms with Crippen molar-refractivity contribution in [2.45, 2.75) is 83.2 Å². The highest BCUT2D eigenvalue weighted by molar-refractivity contribution is 5.81. The molecule has 2 aliphatic carbocycles. The van der Waals surface area contributed by atoms with Crippen molar-refractivity contribution < 1.29 is 9.53 Å². The zero-order valence-electron chi connectivity index (χ0n) is 12.8. The second-order valence-corrected chi connectivity index (χ2v) is 7.22. The van der Waals surface area contributed by atoms with Crippen LogP contribution in [0.3, 0.4) is 0 Å². The molecule has 0 bridgehead atoms. The molecule has 0 aromatic carbocycles. The summed E-state index contributed by atoms with van der Waals surface area (Å²) >= 11 is 0. The molecular formula is C16H29NO2. The molecule has 2 fully saturated rings. The minimum atomic E-state index is -0.410. The SMILES string of the molecule is COC(=O)C1(NC2CCCCC2)CCC(C)(C)CC1. The number of rotatable bonds is 3. The molecule has 2 saturated carbocycles. The molecule has 0 heterocycles. The molecule has 0 aromatic heterocycles. The molecule has 0 amide bonds. The summed E-state index contributed by atoms with van der Waals surface area (Å²) in [6, 6.07) is 0.508. The standard InChI is InChI=1S/C16H29NO2/c1-15(2)9-11-16(12-10-15,14(18)19-3)17-13-7-5-4-6-8-13/h13,17H,4-12H2,1-3H3. The van der Waals surface area contributed by atoms with Crippen LogP contribution >= 0.6 is 0 Å². The van der Waals surface area contributed by atoms with Gasteiger partial charge >= 0.3 is 5.97 Å². The average Bonchev–Trinajstić information content (AvgIpc) is 2.42. The topological polar surface area (TPSA) is 38.3 Å². The van der Waals surface area contributed by atoms with Crippen molar-refractivity contribution in [3.8, 4) is 0 Å². The summed E-state index contributed by atoms with van der Waals surface area (Å²) in [4.78, 5) is 12.3. The van der Waals surface area contributed by atoms with Crippen molar-refractivity contribution in [2.24, 2.45) is 5.41 Å². The van der Waals surface area contributed by atoms with E-state index < -0.39 is 5.54 Å². The van der Waals surface area contributed by atoms with E-state index >= 15 is 0 Å². The maximum absolute atomic E-state index is 12.3. The van der Waals surface area contributed by atoms with Crippen LogP contribution in [0.5, 0.6) is 0 Å². The van der Waals surface area contributed by atoms with Crippen LogP contribution in [0.15, 0.2) is 0 Å². The average molecular weight is 267 g/mol. The van der Waals surface area contributed by atoms with E-state index in [1.807, 2.05) is 0 Å². The first-order valence-corrected chi connectivity index (χ1v) is 7.84. The number of ether oxygens (including phenoxy) is 1. The first-order chi connectivity index (χ1) is 8.97. The monoisotopic (exact) mass is 267 g/mol. The normalized spacial score (nSPS) is 26.9. The lowest BCUT2D eigenvalue weighted by Gasteiger charge is -2.44. The van der Waals surface area contributed by atoms with Gasteiger partial charge in [0.2, 0.25) is 0 Å². The van der Waals surface area contributed by atoms with E-state index in [1.165, 1.54) is 39.2 Å². The predicted octanol–water partition coefficient (Wildman–Crippen LogP) is 3.42. The zero-order chi connectivity index (χ0) is 13.9. The number of nitrogens with one attached hydrogen (secondary N) is 1. The summed E-state index contributed by atoms with van der Waals surface area (Å²) in [6.45, 7) is 4.60. The molecule has 3 heteroatoms. The summed E-state index contributed by atoms with van der Waals surface area (Å²) in [6.07, 6.45) is 10.4. The maximum atomic E-state index is 12.3. The van der Waals surface area contributed by atoms with Gasteiger partial charge in [-0.25, -0.2) is 0 Å². The van der Waals surface area contributed by atoms with Crippen molar-refractivity contribution in [3.63, 3.8) is 0 Å². The molecule has 3 nitrogen and oxygen atoms in total. The van der Waals surface area contributed by atoms with Gasteiger partial charge < -0.3 is 4.74 Å². The minimum absolute atomic E-state index is 0.0476. The van der Waals surface area contributed by atoms with E-state index in [2.05, 4.69) is 19.2 Å². The summed E-state index contributed by atoms with van der Waals surface area (Å²) in [5.41, 5.74) is -0.0436. The summed E-state index contributed by atoms with van der Waals surface area (Å²) in [5.74, 6) is -0.0476. The molecule has 0 unspecified atom stereocenters. The molecule has 19 heavy (non-hydrogen) atoms. The first-order valence-electron chi connectivity index (χ1n) is 7.84. The molecule has 0 spiro atoms. The Morgan fingerprint density at radius 1 is 1.05 bits per heavy atom. The second kappa shape index (κ2) is 5.82. The van der Waals surface area contributed by atoms with Gasteiger partial charge in [0.05, 0.1) is 7.11 Å². The van der Waals surface area contributed by atoms with Crippen molar-refractivity contribution in [1.82, 2.24) is 5.32 Å². The summed E-state index contributed by atoms with van der Waals surface area (Å²) < 4.78 is 5.10. The third-order valence-corrected chi connectivity index (χ3v) is 5.12. The van der Waals surface area contributed by atoms with Crippen LogP contribution in [0.2, 0.25) is 0 Å². The van der Waals surface area contributed by atoms with E-state index in [4.69, 9.17) is 4.74 Å². The van der Waals surface area contributed by atoms with E-state index in [9.17, 15) is 4.79 Å². The van der Waals surface area contributed by atoms with Gasteiger partial charge in [-0.1, -0.05) is 33.1 Å². The highest BCUT2D eigenvalue weighted by Crippen LogP contribution is 2.41. The fourth-order valence-corrected chi connectivity index (χ4v) is 3.59. The molecule has 2 aliphatic rings. The lowest BCUT2D eigenvalue weighted by molar-refractivity contribution is -0.151. The lowest BCUT2D eigenvalue weighted by Crippen LogP contribution is -2.59. The van der Waals surface area contributed by atoms with Crippen LogP contribution in [0.4, 0.5) is 0 Å². The van der Waals surface area contributed by atoms with Gasteiger partial charge in [-0.15, -0.1) is 0 Å². The number of carbonyl (C=O) groups is 1. The fourth-order valence-electron chi connectivity index (χ4n) is 3.59. The van der Waals surface area contributed by atoms with Crippen LogP contribution in [-0.2, 0) is 9.53 Å². The van der Waals surface area contributed by atoms with Crippen LogP contribution in [-0.4, -0.2) is 24.7 Å². The zero-order valence-corrected chi connectivity index (χ0v) is 12.8. The number of esters is 1. The summed E-state index contributed by atoms with van der Waals surface area (Å²) in [7, 11) is 1.52. The summed E-state index contributed by atoms with van der Waals surface area (Å²) in [5, 5.41) is 3.69. The third kappa shape index (κ3) is 3.50.